The standard InChI is InChI=1S/C15H33NO2/c1-4-6-7-8-9-10-15(16-5-2)11-12-18-14-13-17-3/h15-16H,4-14H2,1-3H3. The van der Waals surface area contributed by atoms with Gasteiger partial charge in [0.25, 0.3) is 0 Å². The lowest BCUT2D eigenvalue weighted by atomic mass is 10.0. The van der Waals surface area contributed by atoms with E-state index in [0.717, 1.165) is 19.6 Å². The molecule has 0 aliphatic carbocycles. The Bertz CT molecular complexity index is 139. The Morgan fingerprint density at radius 3 is 2.33 bits per heavy atom. The molecule has 0 aromatic heterocycles. The van der Waals surface area contributed by atoms with Gasteiger partial charge in [-0.2, -0.15) is 0 Å². The van der Waals surface area contributed by atoms with E-state index in [-0.39, 0.29) is 0 Å². The minimum Gasteiger partial charge on any atom is -0.382 e. The number of rotatable bonds is 14. The fourth-order valence-corrected chi connectivity index (χ4v) is 2.10. The molecular weight excluding hydrogens is 226 g/mol. The molecule has 0 aliphatic rings. The van der Waals surface area contributed by atoms with Crippen LogP contribution in [0.15, 0.2) is 0 Å². The van der Waals surface area contributed by atoms with Crippen LogP contribution in [0.4, 0.5) is 0 Å². The Hall–Kier alpha value is -0.120. The highest BCUT2D eigenvalue weighted by Crippen LogP contribution is 2.09. The van der Waals surface area contributed by atoms with Crippen LogP contribution in [0.3, 0.4) is 0 Å². The Kier molecular flexibility index (Phi) is 14.8. The van der Waals surface area contributed by atoms with Crippen LogP contribution >= 0.6 is 0 Å². The normalized spacial score (nSPS) is 12.8. The van der Waals surface area contributed by atoms with Gasteiger partial charge < -0.3 is 14.8 Å². The van der Waals surface area contributed by atoms with E-state index in [0.29, 0.717) is 19.3 Å². The summed E-state index contributed by atoms with van der Waals surface area (Å²) >= 11 is 0. The van der Waals surface area contributed by atoms with E-state index in [4.69, 9.17) is 9.47 Å². The third-order valence-electron chi connectivity index (χ3n) is 3.19. The molecule has 0 aromatic rings. The Labute approximate surface area is 114 Å². The molecule has 0 rings (SSSR count). The molecule has 0 heterocycles. The summed E-state index contributed by atoms with van der Waals surface area (Å²) < 4.78 is 10.5. The first-order valence-electron chi connectivity index (χ1n) is 7.65. The predicted molar refractivity (Wildman–Crippen MR) is 78.2 cm³/mol. The van der Waals surface area contributed by atoms with Crippen LogP contribution in [0.5, 0.6) is 0 Å². The monoisotopic (exact) mass is 259 g/mol. The van der Waals surface area contributed by atoms with Crippen LogP contribution in [0.25, 0.3) is 0 Å². The molecule has 0 saturated carbocycles. The molecule has 1 atom stereocenters. The van der Waals surface area contributed by atoms with E-state index in [1.807, 2.05) is 0 Å². The lowest BCUT2D eigenvalue weighted by Gasteiger charge is -2.17. The van der Waals surface area contributed by atoms with Crippen LogP contribution < -0.4 is 5.32 Å². The van der Waals surface area contributed by atoms with Crippen molar-refractivity contribution in [2.75, 3.05) is 33.5 Å². The third-order valence-corrected chi connectivity index (χ3v) is 3.19. The van der Waals surface area contributed by atoms with Crippen molar-refractivity contribution in [1.29, 1.82) is 0 Å². The molecule has 0 aromatic carbocycles. The number of hydrogen-bond acceptors (Lipinski definition) is 3. The summed E-state index contributed by atoms with van der Waals surface area (Å²) in [5, 5.41) is 3.55. The van der Waals surface area contributed by atoms with Crippen molar-refractivity contribution in [3.63, 3.8) is 0 Å². The summed E-state index contributed by atoms with van der Waals surface area (Å²) in [6, 6.07) is 0.624. The highest BCUT2D eigenvalue weighted by atomic mass is 16.5. The van der Waals surface area contributed by atoms with E-state index in [2.05, 4.69) is 19.2 Å². The van der Waals surface area contributed by atoms with Crippen LogP contribution in [0, 0.1) is 0 Å². The second-order valence-electron chi connectivity index (χ2n) is 4.85. The van der Waals surface area contributed by atoms with Crippen molar-refractivity contribution in [1.82, 2.24) is 5.32 Å². The largest absolute Gasteiger partial charge is 0.382 e. The molecule has 0 aliphatic heterocycles. The second kappa shape index (κ2) is 14.9. The van der Waals surface area contributed by atoms with Crippen molar-refractivity contribution in [2.24, 2.45) is 0 Å². The van der Waals surface area contributed by atoms with Crippen LogP contribution in [-0.2, 0) is 9.47 Å². The molecule has 0 bridgehead atoms. The van der Waals surface area contributed by atoms with Gasteiger partial charge in [-0.25, -0.2) is 0 Å². The molecule has 0 fully saturated rings. The number of nitrogens with one attached hydrogen (secondary N) is 1. The maximum Gasteiger partial charge on any atom is 0.0700 e. The van der Waals surface area contributed by atoms with Crippen molar-refractivity contribution in [2.45, 2.75) is 64.8 Å². The molecule has 3 nitrogen and oxygen atoms in total. The fourth-order valence-electron chi connectivity index (χ4n) is 2.10. The second-order valence-corrected chi connectivity index (χ2v) is 4.85. The predicted octanol–water partition coefficient (Wildman–Crippen LogP) is 3.38. The molecule has 3 heteroatoms. The van der Waals surface area contributed by atoms with Crippen molar-refractivity contribution < 1.29 is 9.47 Å². The first-order chi connectivity index (χ1) is 8.85. The Morgan fingerprint density at radius 2 is 1.67 bits per heavy atom. The van der Waals surface area contributed by atoms with Crippen LogP contribution in [0.1, 0.15) is 58.8 Å². The van der Waals surface area contributed by atoms with Gasteiger partial charge in [0.05, 0.1) is 13.2 Å². The van der Waals surface area contributed by atoms with Crippen LogP contribution in [0.2, 0.25) is 0 Å². The Morgan fingerprint density at radius 1 is 0.889 bits per heavy atom. The minimum absolute atomic E-state index is 0.624. The maximum absolute atomic E-state index is 5.53. The average Bonchev–Trinajstić information content (AvgIpc) is 2.38. The minimum atomic E-state index is 0.624. The lowest BCUT2D eigenvalue weighted by Crippen LogP contribution is -2.30. The molecule has 1 unspecified atom stereocenters. The molecule has 18 heavy (non-hydrogen) atoms. The summed E-state index contributed by atoms with van der Waals surface area (Å²) in [6.45, 7) is 7.75. The van der Waals surface area contributed by atoms with Crippen LogP contribution in [-0.4, -0.2) is 39.5 Å². The van der Waals surface area contributed by atoms with E-state index in [9.17, 15) is 0 Å². The summed E-state index contributed by atoms with van der Waals surface area (Å²) in [5.41, 5.74) is 0. The van der Waals surface area contributed by atoms with Gasteiger partial charge in [-0.3, -0.25) is 0 Å². The first kappa shape index (κ1) is 17.9. The van der Waals surface area contributed by atoms with E-state index in [1.165, 1.54) is 38.5 Å². The van der Waals surface area contributed by atoms with Crippen molar-refractivity contribution >= 4 is 0 Å². The average molecular weight is 259 g/mol. The number of hydrogen-bond donors (Lipinski definition) is 1. The molecule has 0 amide bonds. The van der Waals surface area contributed by atoms with Gasteiger partial charge in [0.2, 0.25) is 0 Å². The van der Waals surface area contributed by atoms with E-state index >= 15 is 0 Å². The lowest BCUT2D eigenvalue weighted by molar-refractivity contribution is 0.0654. The molecule has 110 valence electrons. The Balaban J connectivity index is 3.45. The molecule has 0 spiro atoms. The van der Waals surface area contributed by atoms with Crippen molar-refractivity contribution in [3.8, 4) is 0 Å². The number of ether oxygens (including phenoxy) is 2. The van der Waals surface area contributed by atoms with Gasteiger partial charge in [-0.05, 0) is 19.4 Å². The van der Waals surface area contributed by atoms with Gasteiger partial charge in [0.1, 0.15) is 0 Å². The number of methoxy groups -OCH3 is 1. The summed E-state index contributed by atoms with van der Waals surface area (Å²) in [5.74, 6) is 0. The van der Waals surface area contributed by atoms with Gasteiger partial charge in [0.15, 0.2) is 0 Å². The van der Waals surface area contributed by atoms with E-state index < -0.39 is 0 Å². The zero-order valence-electron chi connectivity index (χ0n) is 12.7. The first-order valence-corrected chi connectivity index (χ1v) is 7.65. The van der Waals surface area contributed by atoms with Gasteiger partial charge in [0, 0.05) is 19.8 Å². The summed E-state index contributed by atoms with van der Waals surface area (Å²) in [4.78, 5) is 0. The zero-order chi connectivity index (χ0) is 13.5. The van der Waals surface area contributed by atoms with Gasteiger partial charge in [-0.1, -0.05) is 46.0 Å². The SMILES string of the molecule is CCCCCCCC(CCOCCOC)NCC. The van der Waals surface area contributed by atoms with Gasteiger partial charge >= 0.3 is 0 Å². The highest BCUT2D eigenvalue weighted by molar-refractivity contribution is 4.66. The highest BCUT2D eigenvalue weighted by Gasteiger charge is 2.06. The summed E-state index contributed by atoms with van der Waals surface area (Å²) in [7, 11) is 1.71. The zero-order valence-corrected chi connectivity index (χ0v) is 12.7. The maximum atomic E-state index is 5.53. The molecule has 1 N–H and O–H groups in total. The fraction of sp³-hybridized carbons (Fsp3) is 1.00. The third kappa shape index (κ3) is 12.3. The van der Waals surface area contributed by atoms with E-state index in [1.54, 1.807) is 7.11 Å². The van der Waals surface area contributed by atoms with Gasteiger partial charge in [-0.15, -0.1) is 0 Å². The smallest absolute Gasteiger partial charge is 0.0700 e. The molecular formula is C15H33NO2. The quantitative estimate of drug-likeness (QED) is 0.485. The summed E-state index contributed by atoms with van der Waals surface area (Å²) in [6.07, 6.45) is 9.21. The number of unbranched alkanes of at least 4 members (excludes halogenated alkanes) is 4. The topological polar surface area (TPSA) is 30.5 Å². The molecule has 0 radical (unpaired) electrons. The molecule has 0 saturated heterocycles. The van der Waals surface area contributed by atoms with Crippen molar-refractivity contribution in [3.05, 3.63) is 0 Å².